The van der Waals surface area contributed by atoms with Crippen molar-refractivity contribution < 1.29 is 23.5 Å². The van der Waals surface area contributed by atoms with E-state index in [9.17, 15) is 10.0 Å². The van der Waals surface area contributed by atoms with Gasteiger partial charge in [0.1, 0.15) is 5.75 Å². The molecule has 0 aliphatic carbocycles. The first-order chi connectivity index (χ1) is 18.4. The van der Waals surface area contributed by atoms with E-state index in [1.807, 2.05) is 4.31 Å². The van der Waals surface area contributed by atoms with E-state index in [4.69, 9.17) is 45.3 Å². The van der Waals surface area contributed by atoms with E-state index in [-0.39, 0.29) is 24.4 Å². The Hall–Kier alpha value is -2.11. The second kappa shape index (κ2) is 14.0. The van der Waals surface area contributed by atoms with Gasteiger partial charge in [-0.2, -0.15) is 0 Å². The summed E-state index contributed by atoms with van der Waals surface area (Å²) in [6.07, 6.45) is 0. The Labute approximate surface area is 245 Å². The highest BCUT2D eigenvalue weighted by molar-refractivity contribution is 7.96. The monoisotopic (exact) mass is 617 g/mol. The molecule has 39 heavy (non-hydrogen) atoms. The van der Waals surface area contributed by atoms with Crippen LogP contribution in [0.25, 0.3) is 0 Å². The molecule has 6 nitrogen and oxygen atoms in total. The van der Waals surface area contributed by atoms with Gasteiger partial charge in [0.2, 0.25) is 5.91 Å². The minimum absolute atomic E-state index is 0.113. The minimum atomic E-state index is -1.12. The molecule has 0 fully saturated rings. The summed E-state index contributed by atoms with van der Waals surface area (Å²) in [6.45, 7) is 4.14. The van der Waals surface area contributed by atoms with Crippen molar-refractivity contribution in [3.8, 4) is 11.5 Å². The number of carbonyl (C=O) groups excluding carboxylic acids is 1. The van der Waals surface area contributed by atoms with Gasteiger partial charge in [-0.3, -0.25) is 10.0 Å². The molecule has 0 spiro atoms. The number of halogens is 5. The first-order valence-corrected chi connectivity index (χ1v) is 13.9. The van der Waals surface area contributed by atoms with E-state index in [0.29, 0.717) is 27.4 Å². The number of amides is 1. The van der Waals surface area contributed by atoms with Crippen molar-refractivity contribution in [3.63, 3.8) is 0 Å². The lowest BCUT2D eigenvalue weighted by atomic mass is 9.72. The first-order valence-electron chi connectivity index (χ1n) is 11.8. The molecular weight excluding hydrogens is 591 g/mol. The molecule has 0 radical (unpaired) electrons. The number of hydrogen-bond acceptors (Lipinski definition) is 6. The van der Waals surface area contributed by atoms with Crippen molar-refractivity contribution in [1.82, 2.24) is 9.79 Å². The predicted octanol–water partition coefficient (Wildman–Crippen LogP) is 7.23. The number of hydrogen-bond donors (Lipinski definition) is 3. The summed E-state index contributed by atoms with van der Waals surface area (Å²) >= 11 is 19.5. The molecule has 1 atom stereocenters. The van der Waals surface area contributed by atoms with Crippen LogP contribution in [0.5, 0.6) is 11.5 Å². The Morgan fingerprint density at radius 3 is 2.18 bits per heavy atom. The smallest absolute Gasteiger partial charge is 0.248 e. The van der Waals surface area contributed by atoms with Crippen LogP contribution in [-0.2, 0) is 16.0 Å². The topological polar surface area (TPSA) is 87.8 Å². The van der Waals surface area contributed by atoms with Gasteiger partial charge in [-0.05, 0) is 65.7 Å². The zero-order valence-corrected chi connectivity index (χ0v) is 24.3. The number of nitrogens with zero attached hydrogens (tertiary/aromatic N) is 1. The molecule has 0 saturated heterocycles. The fraction of sp³-hybridized carbons (Fsp3) is 0.296. The molecule has 4 N–H and O–H groups in total. The largest absolute Gasteiger partial charge is 0.451 e. The first kappa shape index (κ1) is 31.4. The Bertz CT molecular complexity index is 1260. The zero-order valence-electron chi connectivity index (χ0n) is 21.2. The van der Waals surface area contributed by atoms with Gasteiger partial charge < -0.3 is 10.5 Å². The quantitative estimate of drug-likeness (QED) is 0.113. The van der Waals surface area contributed by atoms with Crippen LogP contribution in [0.2, 0.25) is 15.1 Å². The van der Waals surface area contributed by atoms with Crippen LogP contribution in [-0.4, -0.2) is 35.1 Å². The van der Waals surface area contributed by atoms with Crippen molar-refractivity contribution >= 4 is 52.7 Å². The molecule has 12 heteroatoms. The maximum absolute atomic E-state index is 15.1. The average molecular weight is 619 g/mol. The molecule has 0 bridgehead atoms. The van der Waals surface area contributed by atoms with Crippen molar-refractivity contribution in [1.29, 1.82) is 0 Å². The fourth-order valence-electron chi connectivity index (χ4n) is 3.98. The van der Waals surface area contributed by atoms with E-state index in [2.05, 4.69) is 0 Å². The SMILES string of the molecule is CC(C)(c1cc(F)c(Oc2ccc(Cl)cc2)c(F)c1)[C@H](CN(CCN)SCc1cc(Cl)cc(Cl)c1)C(=O)NO. The number of carbonyl (C=O) groups is 1. The summed E-state index contributed by atoms with van der Waals surface area (Å²) in [4.78, 5) is 12.9. The van der Waals surface area contributed by atoms with Crippen LogP contribution in [0.15, 0.2) is 54.6 Å². The van der Waals surface area contributed by atoms with Gasteiger partial charge in [-0.1, -0.05) is 60.6 Å². The van der Waals surface area contributed by atoms with Crippen LogP contribution < -0.4 is 16.0 Å². The Morgan fingerprint density at radius 2 is 1.64 bits per heavy atom. The van der Waals surface area contributed by atoms with E-state index >= 15 is 8.78 Å². The molecule has 0 unspecified atom stereocenters. The van der Waals surface area contributed by atoms with Gasteiger partial charge in [-0.15, -0.1) is 0 Å². The summed E-state index contributed by atoms with van der Waals surface area (Å²) in [6, 6.07) is 13.5. The highest BCUT2D eigenvalue weighted by atomic mass is 35.5. The average Bonchev–Trinajstić information content (AvgIpc) is 2.87. The summed E-state index contributed by atoms with van der Waals surface area (Å²) in [5.41, 5.74) is 7.44. The molecule has 0 aliphatic heterocycles. The third kappa shape index (κ3) is 8.44. The highest BCUT2D eigenvalue weighted by Crippen LogP contribution is 2.38. The lowest BCUT2D eigenvalue weighted by molar-refractivity contribution is -0.135. The molecule has 0 aliphatic rings. The lowest BCUT2D eigenvalue weighted by Gasteiger charge is -2.36. The van der Waals surface area contributed by atoms with Crippen molar-refractivity contribution in [3.05, 3.63) is 92.4 Å². The van der Waals surface area contributed by atoms with Gasteiger partial charge in [0.15, 0.2) is 17.4 Å². The summed E-state index contributed by atoms with van der Waals surface area (Å²) < 4.78 is 37.5. The summed E-state index contributed by atoms with van der Waals surface area (Å²) in [5, 5.41) is 10.9. The molecule has 3 rings (SSSR count). The van der Waals surface area contributed by atoms with Gasteiger partial charge in [0, 0.05) is 45.9 Å². The molecule has 0 saturated carbocycles. The van der Waals surface area contributed by atoms with E-state index in [1.54, 1.807) is 37.5 Å². The van der Waals surface area contributed by atoms with Crippen molar-refractivity contribution in [2.75, 3.05) is 19.6 Å². The van der Waals surface area contributed by atoms with Gasteiger partial charge in [0.05, 0.1) is 5.92 Å². The molecular formula is C27H28Cl3F2N3O3S. The predicted molar refractivity (Wildman–Crippen MR) is 153 cm³/mol. The molecule has 210 valence electrons. The minimum Gasteiger partial charge on any atom is -0.451 e. The second-order valence-corrected chi connectivity index (χ2v) is 11.7. The highest BCUT2D eigenvalue weighted by Gasteiger charge is 2.39. The number of nitrogens with two attached hydrogens (primary N) is 1. The van der Waals surface area contributed by atoms with Crippen LogP contribution in [0.3, 0.4) is 0 Å². The van der Waals surface area contributed by atoms with Gasteiger partial charge in [0.25, 0.3) is 0 Å². The second-order valence-electron chi connectivity index (χ2n) is 9.30. The van der Waals surface area contributed by atoms with Crippen molar-refractivity contribution in [2.45, 2.75) is 25.0 Å². The van der Waals surface area contributed by atoms with E-state index in [0.717, 1.165) is 17.7 Å². The number of nitrogens with one attached hydrogen (secondary N) is 1. The standard InChI is InChI=1S/C27H28Cl3F2N3O3S/c1-27(2,17-11-23(31)25(24(32)12-17)38-21-5-3-18(28)4-6-21)22(26(36)34-37)14-35(8-7-33)39-15-16-9-19(29)13-20(30)10-16/h3-6,9-13,22,37H,7-8,14-15,33H2,1-2H3,(H,34,36)/t22-/m1/s1. The Morgan fingerprint density at radius 1 is 1.05 bits per heavy atom. The van der Waals surface area contributed by atoms with E-state index < -0.39 is 34.6 Å². The molecule has 0 aromatic heterocycles. The van der Waals surface area contributed by atoms with Gasteiger partial charge >= 0.3 is 0 Å². The fourth-order valence-corrected chi connectivity index (χ4v) is 5.67. The number of hydroxylamine groups is 1. The molecule has 3 aromatic carbocycles. The molecule has 0 heterocycles. The number of benzene rings is 3. The third-order valence-electron chi connectivity index (χ3n) is 6.17. The van der Waals surface area contributed by atoms with Crippen LogP contribution >= 0.6 is 46.8 Å². The zero-order chi connectivity index (χ0) is 28.7. The maximum Gasteiger partial charge on any atom is 0.248 e. The van der Waals surface area contributed by atoms with Crippen LogP contribution in [0.1, 0.15) is 25.0 Å². The summed E-state index contributed by atoms with van der Waals surface area (Å²) in [7, 11) is 0. The summed E-state index contributed by atoms with van der Waals surface area (Å²) in [5.74, 6) is -3.42. The third-order valence-corrected chi connectivity index (χ3v) is 8.02. The Balaban J connectivity index is 1.86. The van der Waals surface area contributed by atoms with Crippen molar-refractivity contribution in [2.24, 2.45) is 11.7 Å². The van der Waals surface area contributed by atoms with E-state index in [1.165, 1.54) is 36.2 Å². The van der Waals surface area contributed by atoms with Gasteiger partial charge in [-0.25, -0.2) is 18.6 Å². The molecule has 3 aromatic rings. The Kier molecular flexibility index (Phi) is 11.3. The molecule has 1 amide bonds. The maximum atomic E-state index is 15.1. The van der Waals surface area contributed by atoms with Crippen LogP contribution in [0, 0.1) is 17.6 Å². The number of rotatable bonds is 12. The lowest BCUT2D eigenvalue weighted by Crippen LogP contribution is -2.46. The normalized spacial score (nSPS) is 12.5. The number of ether oxygens (including phenoxy) is 1. The van der Waals surface area contributed by atoms with Crippen LogP contribution in [0.4, 0.5) is 8.78 Å².